The molecule has 114 valence electrons. The number of benzene rings is 1. The van der Waals surface area contributed by atoms with E-state index in [2.05, 4.69) is 42.0 Å². The van der Waals surface area contributed by atoms with Crippen molar-refractivity contribution < 1.29 is 4.79 Å². The van der Waals surface area contributed by atoms with E-state index < -0.39 is 0 Å². The lowest BCUT2D eigenvalue weighted by Gasteiger charge is -2.36. The second kappa shape index (κ2) is 5.98. The summed E-state index contributed by atoms with van der Waals surface area (Å²) in [4.78, 5) is 17.1. The highest BCUT2D eigenvalue weighted by Crippen LogP contribution is 2.45. The zero-order valence-electron chi connectivity index (χ0n) is 12.8. The molecule has 2 aliphatic rings. The molecule has 0 aromatic heterocycles. The first kappa shape index (κ1) is 14.9. The fraction of sp³-hybridized carbons (Fsp3) is 0.588. The van der Waals surface area contributed by atoms with Gasteiger partial charge in [-0.15, -0.1) is 11.6 Å². The summed E-state index contributed by atoms with van der Waals surface area (Å²) < 4.78 is 0. The largest absolute Gasteiger partial charge is 0.308 e. The van der Waals surface area contributed by atoms with E-state index in [0.29, 0.717) is 24.3 Å². The van der Waals surface area contributed by atoms with Gasteiger partial charge in [0.25, 0.3) is 0 Å². The zero-order valence-corrected chi connectivity index (χ0v) is 13.6. The molecule has 2 heterocycles. The topological polar surface area (TPSA) is 23.6 Å². The lowest BCUT2D eigenvalue weighted by molar-refractivity contribution is -0.119. The van der Waals surface area contributed by atoms with Crippen LogP contribution < -0.4 is 4.90 Å². The molecule has 0 radical (unpaired) electrons. The van der Waals surface area contributed by atoms with Gasteiger partial charge in [-0.2, -0.15) is 0 Å². The second-order valence-electron chi connectivity index (χ2n) is 6.34. The van der Waals surface area contributed by atoms with E-state index in [-0.39, 0.29) is 5.91 Å². The minimum absolute atomic E-state index is 0.234. The molecule has 1 aromatic carbocycles. The molecule has 1 amide bonds. The molecule has 0 aliphatic carbocycles. The molecule has 1 fully saturated rings. The van der Waals surface area contributed by atoms with E-state index in [4.69, 9.17) is 11.6 Å². The molecule has 4 heteroatoms. The maximum Gasteiger partial charge on any atom is 0.227 e. The van der Waals surface area contributed by atoms with E-state index >= 15 is 0 Å². The van der Waals surface area contributed by atoms with Crippen molar-refractivity contribution in [3.05, 3.63) is 29.3 Å². The fourth-order valence-electron chi connectivity index (χ4n) is 3.74. The molecule has 0 N–H and O–H groups in total. The van der Waals surface area contributed by atoms with E-state index in [1.807, 2.05) is 0 Å². The highest BCUT2D eigenvalue weighted by molar-refractivity contribution is 6.18. The summed E-state index contributed by atoms with van der Waals surface area (Å²) in [5.41, 5.74) is 3.76. The number of amides is 1. The zero-order chi connectivity index (χ0) is 15.0. The Bertz CT molecular complexity index is 546. The predicted octanol–water partition coefficient (Wildman–Crippen LogP) is 3.15. The number of anilines is 1. The van der Waals surface area contributed by atoms with Gasteiger partial charge in [0.15, 0.2) is 0 Å². The van der Waals surface area contributed by atoms with Crippen LogP contribution in [0.25, 0.3) is 0 Å². The van der Waals surface area contributed by atoms with Crippen LogP contribution in [0.5, 0.6) is 0 Å². The average molecular weight is 307 g/mol. The van der Waals surface area contributed by atoms with Gasteiger partial charge in [-0.05, 0) is 45.0 Å². The van der Waals surface area contributed by atoms with Gasteiger partial charge in [-0.25, -0.2) is 0 Å². The normalized spacial score (nSPS) is 24.8. The summed E-state index contributed by atoms with van der Waals surface area (Å²) in [6, 6.07) is 6.84. The van der Waals surface area contributed by atoms with E-state index in [9.17, 15) is 4.79 Å². The number of rotatable bonds is 3. The van der Waals surface area contributed by atoms with Gasteiger partial charge < -0.3 is 9.80 Å². The fourth-order valence-corrected chi connectivity index (χ4v) is 3.88. The van der Waals surface area contributed by atoms with Crippen LogP contribution in [0.3, 0.4) is 0 Å². The molecule has 2 atom stereocenters. The molecular formula is C17H23ClN2O. The van der Waals surface area contributed by atoms with Crippen LogP contribution in [0.1, 0.15) is 36.3 Å². The minimum atomic E-state index is 0.234. The molecule has 3 rings (SSSR count). The first-order valence-corrected chi connectivity index (χ1v) is 8.32. The maximum absolute atomic E-state index is 12.6. The Labute approximate surface area is 131 Å². The Balaban J connectivity index is 1.95. The van der Waals surface area contributed by atoms with Gasteiger partial charge in [0.2, 0.25) is 5.91 Å². The average Bonchev–Trinajstić information content (AvgIpc) is 2.78. The molecule has 21 heavy (non-hydrogen) atoms. The lowest BCUT2D eigenvalue weighted by atomic mass is 9.89. The summed E-state index contributed by atoms with van der Waals surface area (Å²) in [6.07, 6.45) is 2.37. The van der Waals surface area contributed by atoms with Gasteiger partial charge >= 0.3 is 0 Å². The number of hydrogen-bond donors (Lipinski definition) is 0. The van der Waals surface area contributed by atoms with Gasteiger partial charge in [0.05, 0.1) is 0 Å². The van der Waals surface area contributed by atoms with E-state index in [1.165, 1.54) is 11.1 Å². The van der Waals surface area contributed by atoms with E-state index in [1.54, 1.807) is 0 Å². The minimum Gasteiger partial charge on any atom is -0.308 e. The monoisotopic (exact) mass is 306 g/mol. The third-order valence-electron chi connectivity index (χ3n) is 4.75. The quantitative estimate of drug-likeness (QED) is 0.801. The highest BCUT2D eigenvalue weighted by Gasteiger charge is 2.43. The van der Waals surface area contributed by atoms with Crippen molar-refractivity contribution in [3.63, 3.8) is 0 Å². The van der Waals surface area contributed by atoms with Crippen molar-refractivity contribution in [3.8, 4) is 0 Å². The van der Waals surface area contributed by atoms with Gasteiger partial charge in [0.1, 0.15) is 0 Å². The Hall–Kier alpha value is -1.06. The van der Waals surface area contributed by atoms with Crippen molar-refractivity contribution in [1.82, 2.24) is 4.90 Å². The molecule has 0 spiro atoms. The molecule has 1 saturated heterocycles. The second-order valence-corrected chi connectivity index (χ2v) is 6.72. The number of likely N-dealkylation sites (tertiary alicyclic amines) is 1. The number of carbonyl (C=O) groups excluding carboxylic acids is 1. The van der Waals surface area contributed by atoms with Crippen LogP contribution in [0, 0.1) is 6.92 Å². The van der Waals surface area contributed by atoms with Gasteiger partial charge in [-0.3, -0.25) is 4.79 Å². The van der Waals surface area contributed by atoms with Gasteiger partial charge in [-0.1, -0.05) is 17.7 Å². The lowest BCUT2D eigenvalue weighted by Crippen LogP contribution is -2.47. The number of fused-ring (bicyclic) bond motifs is 3. The van der Waals surface area contributed by atoms with Crippen molar-refractivity contribution in [1.29, 1.82) is 0 Å². The first-order chi connectivity index (χ1) is 10.1. The number of hydrogen-bond acceptors (Lipinski definition) is 2. The smallest absolute Gasteiger partial charge is 0.227 e. The molecular weight excluding hydrogens is 284 g/mol. The Kier molecular flexibility index (Phi) is 4.23. The van der Waals surface area contributed by atoms with Crippen LogP contribution in [0.4, 0.5) is 5.69 Å². The number of halogens is 1. The summed E-state index contributed by atoms with van der Waals surface area (Å²) in [5, 5.41) is 0. The predicted molar refractivity (Wildman–Crippen MR) is 87.3 cm³/mol. The summed E-state index contributed by atoms with van der Waals surface area (Å²) >= 11 is 5.75. The number of carbonyl (C=O) groups is 1. The van der Waals surface area contributed by atoms with E-state index in [0.717, 1.165) is 31.6 Å². The third kappa shape index (κ3) is 2.69. The van der Waals surface area contributed by atoms with Crippen LogP contribution in [0.15, 0.2) is 18.2 Å². The highest BCUT2D eigenvalue weighted by atomic mass is 35.5. The maximum atomic E-state index is 12.6. The van der Waals surface area contributed by atoms with Crippen molar-refractivity contribution in [2.24, 2.45) is 0 Å². The third-order valence-corrected chi connectivity index (χ3v) is 5.01. The van der Waals surface area contributed by atoms with Crippen LogP contribution in [-0.2, 0) is 4.79 Å². The van der Waals surface area contributed by atoms with Crippen LogP contribution in [0.2, 0.25) is 0 Å². The summed E-state index contributed by atoms with van der Waals surface area (Å²) in [7, 11) is 2.17. The number of piperidine rings is 1. The van der Waals surface area contributed by atoms with Crippen LogP contribution in [-0.4, -0.2) is 42.9 Å². The molecule has 1 aromatic rings. The summed E-state index contributed by atoms with van der Waals surface area (Å²) in [5.74, 6) is 1.24. The number of nitrogens with zero attached hydrogens (tertiary/aromatic N) is 2. The Morgan fingerprint density at radius 3 is 3.00 bits per heavy atom. The number of alkyl halides is 1. The SMILES string of the molecule is Cc1ccc2c(c1)[C@@H]1CN(C)CC[C@@H]1N2C(=O)CCCCl. The van der Waals surface area contributed by atoms with Crippen LogP contribution >= 0.6 is 11.6 Å². The molecule has 0 unspecified atom stereocenters. The number of likely N-dealkylation sites (N-methyl/N-ethyl adjacent to an activating group) is 1. The Morgan fingerprint density at radius 1 is 1.43 bits per heavy atom. The summed E-state index contributed by atoms with van der Waals surface area (Å²) in [6.45, 7) is 4.23. The molecule has 3 nitrogen and oxygen atoms in total. The standard InChI is InChI=1S/C17H23ClN2O/c1-12-5-6-15-13(10-12)14-11-19(2)9-7-16(14)20(15)17(21)4-3-8-18/h5-6,10,14,16H,3-4,7-9,11H2,1-2H3/t14-,16-/m0/s1. The van der Waals surface area contributed by atoms with Crippen molar-refractivity contribution in [2.75, 3.05) is 30.9 Å². The van der Waals surface area contributed by atoms with Crippen molar-refractivity contribution in [2.45, 2.75) is 38.1 Å². The van der Waals surface area contributed by atoms with Gasteiger partial charge in [0, 0.05) is 36.5 Å². The Morgan fingerprint density at radius 2 is 2.24 bits per heavy atom. The molecule has 0 bridgehead atoms. The van der Waals surface area contributed by atoms with Crippen molar-refractivity contribution >= 4 is 23.2 Å². The first-order valence-electron chi connectivity index (χ1n) is 7.79. The molecule has 0 saturated carbocycles. The number of aryl methyl sites for hydroxylation is 1. The molecule has 2 aliphatic heterocycles.